The maximum atomic E-state index is 12.6. The topological polar surface area (TPSA) is 86.8 Å². The first-order valence-electron chi connectivity index (χ1n) is 8.53. The number of nitrogens with zero attached hydrogens (tertiary/aromatic N) is 2. The Hall–Kier alpha value is -2.87. The summed E-state index contributed by atoms with van der Waals surface area (Å²) in [5.41, 5.74) is 1.54. The Balaban J connectivity index is 1.74. The van der Waals surface area contributed by atoms with Gasteiger partial charge in [-0.15, -0.1) is 0 Å². The Bertz CT molecular complexity index is 951. The highest BCUT2D eigenvalue weighted by atomic mass is 32.2. The van der Waals surface area contributed by atoms with Gasteiger partial charge in [0.25, 0.3) is 15.9 Å². The highest BCUT2D eigenvalue weighted by Gasteiger charge is 2.22. The molecule has 3 rings (SSSR count). The minimum Gasteiger partial charge on any atom is -0.345 e. The van der Waals surface area contributed by atoms with Crippen LogP contribution < -0.4 is 9.62 Å². The molecular weight excluding hydrogens is 366 g/mol. The lowest BCUT2D eigenvalue weighted by molar-refractivity contribution is -0.117. The van der Waals surface area contributed by atoms with E-state index in [-0.39, 0.29) is 16.7 Å². The van der Waals surface area contributed by atoms with Gasteiger partial charge >= 0.3 is 0 Å². The van der Waals surface area contributed by atoms with Crippen LogP contribution in [0.5, 0.6) is 0 Å². The van der Waals surface area contributed by atoms with Gasteiger partial charge in [0.05, 0.1) is 4.90 Å². The molecular formula is C19H21N3O4S. The Morgan fingerprint density at radius 2 is 1.67 bits per heavy atom. The van der Waals surface area contributed by atoms with Gasteiger partial charge in [-0.2, -0.15) is 0 Å². The molecule has 1 saturated heterocycles. The number of benzene rings is 2. The van der Waals surface area contributed by atoms with E-state index in [2.05, 4.69) is 4.72 Å². The molecule has 7 nitrogen and oxygen atoms in total. The lowest BCUT2D eigenvalue weighted by Crippen LogP contribution is -2.23. The first kappa shape index (κ1) is 18.9. The summed E-state index contributed by atoms with van der Waals surface area (Å²) in [5, 5.41) is 0. The predicted octanol–water partition coefficient (Wildman–Crippen LogP) is 2.32. The van der Waals surface area contributed by atoms with E-state index in [4.69, 9.17) is 0 Å². The van der Waals surface area contributed by atoms with Crippen molar-refractivity contribution < 1.29 is 18.0 Å². The van der Waals surface area contributed by atoms with E-state index in [0.717, 1.165) is 6.42 Å². The maximum Gasteiger partial charge on any atom is 0.261 e. The number of hydrogen-bond acceptors (Lipinski definition) is 4. The van der Waals surface area contributed by atoms with Gasteiger partial charge < -0.3 is 9.80 Å². The van der Waals surface area contributed by atoms with E-state index in [1.807, 2.05) is 0 Å². The van der Waals surface area contributed by atoms with Crippen molar-refractivity contribution in [2.24, 2.45) is 0 Å². The number of anilines is 2. The summed E-state index contributed by atoms with van der Waals surface area (Å²) in [4.78, 5) is 26.9. The van der Waals surface area contributed by atoms with Gasteiger partial charge in [0.15, 0.2) is 0 Å². The third kappa shape index (κ3) is 4.11. The average Bonchev–Trinajstić information content (AvgIpc) is 3.07. The summed E-state index contributed by atoms with van der Waals surface area (Å²) in [5.74, 6) is -0.104. The van der Waals surface area contributed by atoms with Crippen LogP contribution in [-0.2, 0) is 14.8 Å². The van der Waals surface area contributed by atoms with E-state index < -0.39 is 10.0 Å². The molecule has 2 aromatic rings. The van der Waals surface area contributed by atoms with Crippen LogP contribution in [0.25, 0.3) is 0 Å². The van der Waals surface area contributed by atoms with Crippen LogP contribution in [0.2, 0.25) is 0 Å². The molecule has 0 spiro atoms. The van der Waals surface area contributed by atoms with Gasteiger partial charge in [-0.05, 0) is 55.0 Å². The summed E-state index contributed by atoms with van der Waals surface area (Å²) >= 11 is 0. The van der Waals surface area contributed by atoms with Gasteiger partial charge in [0, 0.05) is 44.0 Å². The SMILES string of the molecule is CN(C)C(=O)c1ccc(NS(=O)(=O)c2ccc(N3CCCC3=O)cc2)cc1. The summed E-state index contributed by atoms with van der Waals surface area (Å²) in [6, 6.07) is 12.5. The van der Waals surface area contributed by atoms with Crippen molar-refractivity contribution in [1.82, 2.24) is 4.90 Å². The number of sulfonamides is 1. The van der Waals surface area contributed by atoms with E-state index in [0.29, 0.717) is 29.9 Å². The van der Waals surface area contributed by atoms with Crippen LogP contribution in [0, 0.1) is 0 Å². The van der Waals surface area contributed by atoms with E-state index in [1.165, 1.54) is 17.0 Å². The number of carbonyl (C=O) groups excluding carboxylic acids is 2. The predicted molar refractivity (Wildman–Crippen MR) is 103 cm³/mol. The van der Waals surface area contributed by atoms with Crippen molar-refractivity contribution in [3.63, 3.8) is 0 Å². The molecule has 2 amide bonds. The van der Waals surface area contributed by atoms with Crippen molar-refractivity contribution in [1.29, 1.82) is 0 Å². The van der Waals surface area contributed by atoms with Crippen LogP contribution in [0.3, 0.4) is 0 Å². The molecule has 1 aliphatic rings. The molecule has 0 radical (unpaired) electrons. The molecule has 27 heavy (non-hydrogen) atoms. The second kappa shape index (κ2) is 7.40. The number of rotatable bonds is 5. The van der Waals surface area contributed by atoms with Crippen LogP contribution >= 0.6 is 0 Å². The first-order chi connectivity index (χ1) is 12.8. The van der Waals surface area contributed by atoms with E-state index in [9.17, 15) is 18.0 Å². The zero-order valence-electron chi connectivity index (χ0n) is 15.2. The highest BCUT2D eigenvalue weighted by molar-refractivity contribution is 7.92. The summed E-state index contributed by atoms with van der Waals surface area (Å²) in [6.07, 6.45) is 1.33. The van der Waals surface area contributed by atoms with Crippen molar-refractivity contribution in [2.75, 3.05) is 30.3 Å². The monoisotopic (exact) mass is 387 g/mol. The fourth-order valence-corrected chi connectivity index (χ4v) is 3.94. The number of amides is 2. The molecule has 0 aromatic heterocycles. The first-order valence-corrected chi connectivity index (χ1v) is 10.0. The van der Waals surface area contributed by atoms with Crippen molar-refractivity contribution in [3.05, 3.63) is 54.1 Å². The Morgan fingerprint density at radius 3 is 2.19 bits per heavy atom. The van der Waals surface area contributed by atoms with Gasteiger partial charge in [-0.3, -0.25) is 14.3 Å². The van der Waals surface area contributed by atoms with Crippen LogP contribution in [-0.4, -0.2) is 45.8 Å². The van der Waals surface area contributed by atoms with Gasteiger partial charge in [-0.1, -0.05) is 0 Å². The van der Waals surface area contributed by atoms with Crippen molar-refractivity contribution >= 4 is 33.2 Å². The van der Waals surface area contributed by atoms with E-state index >= 15 is 0 Å². The molecule has 1 fully saturated rings. The molecule has 0 unspecified atom stereocenters. The second-order valence-corrected chi connectivity index (χ2v) is 8.21. The van der Waals surface area contributed by atoms with Gasteiger partial charge in [0.1, 0.15) is 0 Å². The maximum absolute atomic E-state index is 12.6. The van der Waals surface area contributed by atoms with Gasteiger partial charge in [0.2, 0.25) is 5.91 Å². The third-order valence-electron chi connectivity index (χ3n) is 4.32. The standard InChI is InChI=1S/C19H21N3O4S/c1-21(2)19(24)14-5-7-15(8-6-14)20-27(25,26)17-11-9-16(10-12-17)22-13-3-4-18(22)23/h5-12,20H,3-4,13H2,1-2H3. The van der Waals surface area contributed by atoms with E-state index in [1.54, 1.807) is 55.4 Å². The van der Waals surface area contributed by atoms with Gasteiger partial charge in [-0.25, -0.2) is 8.42 Å². The molecule has 0 aliphatic carbocycles. The molecule has 0 saturated carbocycles. The zero-order chi connectivity index (χ0) is 19.6. The largest absolute Gasteiger partial charge is 0.345 e. The molecule has 1 N–H and O–H groups in total. The summed E-state index contributed by atoms with van der Waals surface area (Å²) in [6.45, 7) is 0.654. The lowest BCUT2D eigenvalue weighted by Gasteiger charge is -2.16. The zero-order valence-corrected chi connectivity index (χ0v) is 16.0. The molecule has 0 atom stereocenters. The molecule has 8 heteroatoms. The smallest absolute Gasteiger partial charge is 0.261 e. The fraction of sp³-hybridized carbons (Fsp3) is 0.263. The summed E-state index contributed by atoms with van der Waals surface area (Å²) in [7, 11) is -0.463. The Kier molecular flexibility index (Phi) is 5.18. The minimum atomic E-state index is -3.77. The molecule has 1 aliphatic heterocycles. The Morgan fingerprint density at radius 1 is 1.04 bits per heavy atom. The number of hydrogen-bond donors (Lipinski definition) is 1. The van der Waals surface area contributed by atoms with Crippen LogP contribution in [0.15, 0.2) is 53.4 Å². The summed E-state index contributed by atoms with van der Waals surface area (Å²) < 4.78 is 27.6. The normalized spacial score (nSPS) is 14.3. The Labute approximate surface area is 158 Å². The fourth-order valence-electron chi connectivity index (χ4n) is 2.88. The quantitative estimate of drug-likeness (QED) is 0.853. The molecule has 0 bridgehead atoms. The third-order valence-corrected chi connectivity index (χ3v) is 5.72. The second-order valence-electron chi connectivity index (χ2n) is 6.53. The lowest BCUT2D eigenvalue weighted by atomic mass is 10.2. The van der Waals surface area contributed by atoms with Crippen molar-refractivity contribution in [2.45, 2.75) is 17.7 Å². The van der Waals surface area contributed by atoms with Crippen LogP contribution in [0.4, 0.5) is 11.4 Å². The molecule has 142 valence electrons. The molecule has 2 aromatic carbocycles. The van der Waals surface area contributed by atoms with Crippen molar-refractivity contribution in [3.8, 4) is 0 Å². The van der Waals surface area contributed by atoms with Crippen LogP contribution in [0.1, 0.15) is 23.2 Å². The minimum absolute atomic E-state index is 0.0519. The average molecular weight is 387 g/mol. The number of nitrogens with one attached hydrogen (secondary N) is 1. The number of carbonyl (C=O) groups is 2. The highest BCUT2D eigenvalue weighted by Crippen LogP contribution is 2.24. The molecule has 1 heterocycles.